The van der Waals surface area contributed by atoms with Crippen molar-refractivity contribution in [1.82, 2.24) is 19.5 Å². The summed E-state index contributed by atoms with van der Waals surface area (Å²) in [6.07, 6.45) is -4.21. The highest BCUT2D eigenvalue weighted by molar-refractivity contribution is 7.44. The van der Waals surface area contributed by atoms with Crippen molar-refractivity contribution in [2.45, 2.75) is 119 Å². The van der Waals surface area contributed by atoms with Gasteiger partial charge in [-0.25, -0.2) is 14.6 Å². The number of anilines is 1. The number of esters is 2. The van der Waals surface area contributed by atoms with Gasteiger partial charge in [0.25, 0.3) is 8.53 Å². The van der Waals surface area contributed by atoms with E-state index in [9.17, 15) is 19.5 Å². The third kappa shape index (κ3) is 9.71. The van der Waals surface area contributed by atoms with E-state index in [1.54, 1.807) is 41.5 Å². The largest absolute Gasteiger partial charge is 0.455 e. The second kappa shape index (κ2) is 17.5. The molecule has 5 unspecified atom stereocenters. The first kappa shape index (κ1) is 39.3. The Kier molecular flexibility index (Phi) is 14.3. The average Bonchev–Trinajstić information content (AvgIpc) is 3.56. The number of aliphatic hydroxyl groups is 1. The van der Waals surface area contributed by atoms with Gasteiger partial charge in [0.1, 0.15) is 17.6 Å². The lowest BCUT2D eigenvalue weighted by atomic mass is 10.1. The zero-order valence-corrected chi connectivity index (χ0v) is 30.3. The van der Waals surface area contributed by atoms with Crippen LogP contribution in [0, 0.1) is 29.1 Å². The predicted molar refractivity (Wildman–Crippen MR) is 176 cm³/mol. The number of carbonyl (C=O) groups is 3. The van der Waals surface area contributed by atoms with Gasteiger partial charge in [0.15, 0.2) is 24.7 Å². The van der Waals surface area contributed by atoms with Gasteiger partial charge in [-0.3, -0.25) is 24.3 Å². The Labute approximate surface area is 283 Å². The van der Waals surface area contributed by atoms with E-state index in [1.165, 1.54) is 10.9 Å². The number of guanidine groups is 1. The monoisotopic (exact) mass is 695 g/mol. The van der Waals surface area contributed by atoms with Crippen molar-refractivity contribution < 1.29 is 42.7 Å². The van der Waals surface area contributed by atoms with Gasteiger partial charge in [-0.1, -0.05) is 41.5 Å². The molecule has 1 aromatic heterocycles. The third-order valence-corrected chi connectivity index (χ3v) is 9.41. The van der Waals surface area contributed by atoms with Gasteiger partial charge < -0.3 is 33.7 Å². The number of ether oxygens (including phenoxy) is 3. The van der Waals surface area contributed by atoms with Crippen LogP contribution in [0.2, 0.25) is 0 Å². The maximum absolute atomic E-state index is 13.1. The first-order valence-corrected chi connectivity index (χ1v) is 17.4. The van der Waals surface area contributed by atoms with Crippen LogP contribution in [0.5, 0.6) is 0 Å². The fourth-order valence-electron chi connectivity index (χ4n) is 4.86. The standard InChI is InChI=1S/C31H50N7O9P/c1-16(2)26(39)35-31-34-25-22(27(40)36-31)33-15-37(25)28-24(47-30(42)18(5)6)23(46-29(41)17(3)4)21(45-28)14-44-48(43-13-11-12-32)38(19(7)8)20(9)10/h15-21,23-24,27-28,40H,11,13-14H2,1-10H3,(H2,34,35,36,39)/t21-,23?,24?,27?,28?,48?/m1/s1. The molecule has 0 aromatic carbocycles. The number of imidazole rings is 1. The molecule has 1 aromatic rings. The molecule has 16 nitrogen and oxygen atoms in total. The molecule has 3 rings (SSSR count). The molecule has 0 spiro atoms. The van der Waals surface area contributed by atoms with Gasteiger partial charge in [0.05, 0.1) is 43.9 Å². The number of nitrogens with zero attached hydrogens (tertiary/aromatic N) is 5. The van der Waals surface area contributed by atoms with Crippen molar-refractivity contribution >= 4 is 38.1 Å². The summed E-state index contributed by atoms with van der Waals surface area (Å²) in [5.74, 6) is -2.57. The quantitative estimate of drug-likeness (QED) is 0.136. The predicted octanol–water partition coefficient (Wildman–Crippen LogP) is 3.75. The Balaban J connectivity index is 2.03. The Morgan fingerprint density at radius 1 is 1.02 bits per heavy atom. The van der Waals surface area contributed by atoms with Crippen LogP contribution in [0.25, 0.3) is 0 Å². The first-order chi connectivity index (χ1) is 22.6. The van der Waals surface area contributed by atoms with Gasteiger partial charge in [-0.05, 0) is 27.7 Å². The fraction of sp³-hybridized carbons (Fsp3) is 0.742. The van der Waals surface area contributed by atoms with Crippen LogP contribution < -0.4 is 10.6 Å². The van der Waals surface area contributed by atoms with Crippen LogP contribution in [-0.4, -0.2) is 86.7 Å². The molecule has 6 atom stereocenters. The number of aromatic nitrogens is 2. The first-order valence-electron chi connectivity index (χ1n) is 16.2. The van der Waals surface area contributed by atoms with Crippen molar-refractivity contribution in [3.63, 3.8) is 0 Å². The number of aliphatic imine (C=N–C) groups is 1. The highest BCUT2D eigenvalue weighted by Gasteiger charge is 2.52. The molecule has 3 N–H and O–H groups in total. The number of hydrogen-bond acceptors (Lipinski definition) is 14. The lowest BCUT2D eigenvalue weighted by Crippen LogP contribution is -2.43. The molecule has 48 heavy (non-hydrogen) atoms. The van der Waals surface area contributed by atoms with E-state index in [4.69, 9.17) is 28.5 Å². The highest BCUT2D eigenvalue weighted by Crippen LogP contribution is 2.47. The Morgan fingerprint density at radius 2 is 1.62 bits per heavy atom. The molecule has 17 heteroatoms. The van der Waals surface area contributed by atoms with E-state index < -0.39 is 63.1 Å². The summed E-state index contributed by atoms with van der Waals surface area (Å²) in [5, 5.41) is 25.5. The molecular formula is C31H50N7O9P. The number of hydrogen-bond donors (Lipinski definition) is 3. The number of aliphatic hydroxyl groups excluding tert-OH is 1. The zero-order valence-electron chi connectivity index (χ0n) is 29.4. The summed E-state index contributed by atoms with van der Waals surface area (Å²) in [6, 6.07) is 2.14. The Morgan fingerprint density at radius 3 is 2.17 bits per heavy atom. The highest BCUT2D eigenvalue weighted by atomic mass is 31.2. The third-order valence-electron chi connectivity index (χ3n) is 7.34. The minimum atomic E-state index is -1.68. The van der Waals surface area contributed by atoms with Crippen molar-refractivity contribution in [2.24, 2.45) is 22.7 Å². The summed E-state index contributed by atoms with van der Waals surface area (Å²) in [6.45, 7) is 18.2. The smallest absolute Gasteiger partial charge is 0.308 e. The molecule has 3 heterocycles. The van der Waals surface area contributed by atoms with Crippen molar-refractivity contribution in [1.29, 1.82) is 5.26 Å². The number of amides is 1. The molecule has 0 radical (unpaired) electrons. The van der Waals surface area contributed by atoms with E-state index in [0.29, 0.717) is 0 Å². The van der Waals surface area contributed by atoms with Crippen LogP contribution in [0.1, 0.15) is 93.8 Å². The van der Waals surface area contributed by atoms with Gasteiger partial charge >= 0.3 is 11.9 Å². The molecule has 0 bridgehead atoms. The van der Waals surface area contributed by atoms with Crippen molar-refractivity contribution in [3.8, 4) is 6.07 Å². The Hall–Kier alpha value is -3.19. The molecule has 1 fully saturated rings. The van der Waals surface area contributed by atoms with Crippen LogP contribution in [0.15, 0.2) is 11.3 Å². The fourth-order valence-corrected chi connectivity index (χ4v) is 6.48. The maximum atomic E-state index is 13.1. The molecule has 0 aliphatic carbocycles. The van der Waals surface area contributed by atoms with Gasteiger partial charge in [-0.2, -0.15) is 5.26 Å². The van der Waals surface area contributed by atoms with Gasteiger partial charge in [0, 0.05) is 18.0 Å². The van der Waals surface area contributed by atoms with Crippen LogP contribution in [0.4, 0.5) is 5.82 Å². The minimum absolute atomic E-state index is 0.00513. The second-order valence-electron chi connectivity index (χ2n) is 13.0. The van der Waals surface area contributed by atoms with E-state index in [2.05, 4.69) is 31.3 Å². The second-order valence-corrected chi connectivity index (χ2v) is 14.5. The normalized spacial score (nSPS) is 22.9. The molecular weight excluding hydrogens is 645 g/mol. The number of nitrogens with one attached hydrogen (secondary N) is 2. The zero-order chi connectivity index (χ0) is 35.9. The van der Waals surface area contributed by atoms with Crippen LogP contribution in [0.3, 0.4) is 0 Å². The lowest BCUT2D eigenvalue weighted by Gasteiger charge is -2.36. The van der Waals surface area contributed by atoms with E-state index in [-0.39, 0.29) is 61.0 Å². The van der Waals surface area contributed by atoms with E-state index in [0.717, 1.165) is 0 Å². The topological polar surface area (TPSA) is 199 Å². The maximum Gasteiger partial charge on any atom is 0.308 e. The molecule has 2 aliphatic heterocycles. The SMILES string of the molecule is CC(C)C(=O)NC1=NC(O)c2ncn(C3O[C@H](COP(OCCC#N)N(C(C)C)C(C)C)C(OC(=O)C(C)C)C3OC(=O)C(C)C)c2N1. The molecule has 2 aliphatic rings. The number of nitriles is 1. The van der Waals surface area contributed by atoms with E-state index in [1.807, 2.05) is 27.7 Å². The Bertz CT molecular complexity index is 1340. The molecule has 1 amide bonds. The van der Waals surface area contributed by atoms with E-state index >= 15 is 0 Å². The summed E-state index contributed by atoms with van der Waals surface area (Å²) in [7, 11) is -1.68. The van der Waals surface area contributed by atoms with Crippen molar-refractivity contribution in [3.05, 3.63) is 12.0 Å². The van der Waals surface area contributed by atoms with Gasteiger partial charge in [-0.15, -0.1) is 0 Å². The summed E-state index contributed by atoms with van der Waals surface area (Å²) < 4.78 is 34.4. The summed E-state index contributed by atoms with van der Waals surface area (Å²) in [5.41, 5.74) is 0.143. The summed E-state index contributed by atoms with van der Waals surface area (Å²) in [4.78, 5) is 46.9. The molecule has 268 valence electrons. The van der Waals surface area contributed by atoms with Crippen LogP contribution >= 0.6 is 8.53 Å². The summed E-state index contributed by atoms with van der Waals surface area (Å²) >= 11 is 0. The lowest BCUT2D eigenvalue weighted by molar-refractivity contribution is -0.172. The van der Waals surface area contributed by atoms with Crippen LogP contribution in [-0.2, 0) is 37.6 Å². The molecule has 1 saturated heterocycles. The average molecular weight is 696 g/mol. The number of fused-ring (bicyclic) bond motifs is 1. The number of rotatable bonds is 15. The number of carbonyl (C=O) groups excluding carboxylic acids is 3. The minimum Gasteiger partial charge on any atom is -0.455 e. The van der Waals surface area contributed by atoms with Crippen molar-refractivity contribution in [2.75, 3.05) is 18.5 Å². The molecule has 0 saturated carbocycles. The van der Waals surface area contributed by atoms with Gasteiger partial charge in [0.2, 0.25) is 11.9 Å².